The van der Waals surface area contributed by atoms with Crippen LogP contribution >= 0.6 is 15.9 Å². The van der Waals surface area contributed by atoms with Crippen molar-refractivity contribution < 1.29 is 17.9 Å². The Bertz CT molecular complexity index is 371. The molecule has 1 amide bonds. The zero-order chi connectivity index (χ0) is 13.1. The van der Waals surface area contributed by atoms with E-state index in [4.69, 9.17) is 4.74 Å². The van der Waals surface area contributed by atoms with Gasteiger partial charge in [0.05, 0.1) is 6.10 Å². The summed E-state index contributed by atoms with van der Waals surface area (Å²) in [7, 11) is -3.76. The van der Waals surface area contributed by atoms with Gasteiger partial charge in [-0.05, 0) is 26.2 Å². The van der Waals surface area contributed by atoms with E-state index < -0.39 is 16.3 Å². The summed E-state index contributed by atoms with van der Waals surface area (Å²) < 4.78 is 31.5. The minimum atomic E-state index is -3.76. The number of carbonyl (C=O) groups excluding carboxylic acids is 1. The maximum absolute atomic E-state index is 11.8. The standard InChI is InChI=1S/C9H17BrN2O4S/c1-7(2)16-9(13)11-17(14,15)12-4-3-8(5-10)6-12/h7-8H,3-6H2,1-2H3,(H,11,13). The van der Waals surface area contributed by atoms with Crippen LogP contribution in [-0.4, -0.2) is 43.3 Å². The van der Waals surface area contributed by atoms with Crippen molar-refractivity contribution in [2.45, 2.75) is 26.4 Å². The van der Waals surface area contributed by atoms with E-state index in [-0.39, 0.29) is 6.10 Å². The topological polar surface area (TPSA) is 75.7 Å². The summed E-state index contributed by atoms with van der Waals surface area (Å²) in [5.41, 5.74) is 0. The summed E-state index contributed by atoms with van der Waals surface area (Å²) >= 11 is 3.32. The second kappa shape index (κ2) is 6.01. The number of hydrogen-bond acceptors (Lipinski definition) is 4. The third-order valence-electron chi connectivity index (χ3n) is 2.36. The number of nitrogens with zero attached hydrogens (tertiary/aromatic N) is 1. The highest BCUT2D eigenvalue weighted by Crippen LogP contribution is 2.20. The van der Waals surface area contributed by atoms with Gasteiger partial charge in [-0.25, -0.2) is 9.52 Å². The molecule has 1 N–H and O–H groups in total. The molecule has 0 bridgehead atoms. The van der Waals surface area contributed by atoms with Crippen LogP contribution in [-0.2, 0) is 14.9 Å². The molecule has 0 radical (unpaired) electrons. The summed E-state index contributed by atoms with van der Waals surface area (Å²) in [6.07, 6.45) is -0.480. The first-order valence-electron chi connectivity index (χ1n) is 5.39. The summed E-state index contributed by atoms with van der Waals surface area (Å²) in [5.74, 6) is 0.299. The summed E-state index contributed by atoms with van der Waals surface area (Å²) in [4.78, 5) is 11.2. The van der Waals surface area contributed by atoms with E-state index in [2.05, 4.69) is 15.9 Å². The number of nitrogens with one attached hydrogen (secondary N) is 1. The Hall–Kier alpha value is -0.340. The van der Waals surface area contributed by atoms with Gasteiger partial charge in [0.1, 0.15) is 0 Å². The van der Waals surface area contributed by atoms with Crippen molar-refractivity contribution in [1.82, 2.24) is 9.03 Å². The van der Waals surface area contributed by atoms with Crippen LogP contribution in [0, 0.1) is 5.92 Å². The van der Waals surface area contributed by atoms with E-state index in [1.807, 2.05) is 4.72 Å². The number of carbonyl (C=O) groups is 1. The van der Waals surface area contributed by atoms with Crippen molar-refractivity contribution in [2.24, 2.45) is 5.92 Å². The second-order valence-corrected chi connectivity index (χ2v) is 6.55. The molecule has 17 heavy (non-hydrogen) atoms. The quantitative estimate of drug-likeness (QED) is 0.783. The fraction of sp³-hybridized carbons (Fsp3) is 0.889. The average molecular weight is 329 g/mol. The zero-order valence-corrected chi connectivity index (χ0v) is 12.3. The lowest BCUT2D eigenvalue weighted by Crippen LogP contribution is -2.43. The number of hydrogen-bond donors (Lipinski definition) is 1. The number of ether oxygens (including phenoxy) is 1. The SMILES string of the molecule is CC(C)OC(=O)NS(=O)(=O)N1CCC(CBr)C1. The van der Waals surface area contributed by atoms with Crippen molar-refractivity contribution in [1.29, 1.82) is 0 Å². The molecule has 0 aromatic carbocycles. The van der Waals surface area contributed by atoms with E-state index in [0.29, 0.717) is 19.0 Å². The first-order chi connectivity index (χ1) is 7.85. The third kappa shape index (κ3) is 4.44. The predicted octanol–water partition coefficient (Wildman–Crippen LogP) is 1.08. The fourth-order valence-corrected chi connectivity index (χ4v) is 3.22. The smallest absolute Gasteiger partial charge is 0.422 e. The van der Waals surface area contributed by atoms with Gasteiger partial charge in [0.25, 0.3) is 0 Å². The molecule has 1 rings (SSSR count). The molecule has 0 aromatic heterocycles. The van der Waals surface area contributed by atoms with Crippen LogP contribution in [0.5, 0.6) is 0 Å². The van der Waals surface area contributed by atoms with Crippen LogP contribution in [0.4, 0.5) is 4.79 Å². The normalized spacial score (nSPS) is 21.8. The lowest BCUT2D eigenvalue weighted by Gasteiger charge is -2.17. The molecule has 1 aliphatic rings. The van der Waals surface area contributed by atoms with Crippen molar-refractivity contribution in [3.05, 3.63) is 0 Å². The van der Waals surface area contributed by atoms with Crippen LogP contribution in [0.3, 0.4) is 0 Å². The number of amides is 1. The van der Waals surface area contributed by atoms with Gasteiger partial charge in [-0.3, -0.25) is 0 Å². The molecule has 0 aliphatic carbocycles. The molecule has 0 aromatic rings. The Morgan fingerprint density at radius 2 is 2.24 bits per heavy atom. The molecule has 1 saturated heterocycles. The number of alkyl halides is 1. The third-order valence-corrected chi connectivity index (χ3v) is 4.71. The van der Waals surface area contributed by atoms with Crippen LogP contribution in [0.15, 0.2) is 0 Å². The highest BCUT2D eigenvalue weighted by molar-refractivity contribution is 9.09. The zero-order valence-electron chi connectivity index (χ0n) is 9.85. The molecule has 100 valence electrons. The largest absolute Gasteiger partial charge is 0.446 e. The molecule has 1 fully saturated rings. The monoisotopic (exact) mass is 328 g/mol. The molecule has 1 aliphatic heterocycles. The van der Waals surface area contributed by atoms with Crippen LogP contribution in [0.1, 0.15) is 20.3 Å². The van der Waals surface area contributed by atoms with Gasteiger partial charge in [0.2, 0.25) is 0 Å². The molecule has 1 heterocycles. The molecule has 0 spiro atoms. The Morgan fingerprint density at radius 3 is 2.71 bits per heavy atom. The molecule has 1 atom stereocenters. The maximum Gasteiger partial charge on any atom is 0.422 e. The lowest BCUT2D eigenvalue weighted by atomic mass is 10.2. The van der Waals surface area contributed by atoms with E-state index in [9.17, 15) is 13.2 Å². The highest BCUT2D eigenvalue weighted by Gasteiger charge is 2.32. The van der Waals surface area contributed by atoms with Gasteiger partial charge in [-0.15, -0.1) is 0 Å². The van der Waals surface area contributed by atoms with Crippen LogP contribution in [0.2, 0.25) is 0 Å². The summed E-state index contributed by atoms with van der Waals surface area (Å²) in [6.45, 7) is 4.17. The first-order valence-corrected chi connectivity index (χ1v) is 7.95. The minimum Gasteiger partial charge on any atom is -0.446 e. The van der Waals surface area contributed by atoms with E-state index in [1.165, 1.54) is 4.31 Å². The van der Waals surface area contributed by atoms with Gasteiger partial charge in [-0.2, -0.15) is 12.7 Å². The molecule has 0 saturated carbocycles. The van der Waals surface area contributed by atoms with E-state index in [1.54, 1.807) is 13.8 Å². The second-order valence-electron chi connectivity index (χ2n) is 4.23. The van der Waals surface area contributed by atoms with E-state index >= 15 is 0 Å². The fourth-order valence-electron chi connectivity index (χ4n) is 1.55. The van der Waals surface area contributed by atoms with Crippen LogP contribution in [0.25, 0.3) is 0 Å². The Labute approximate surface area is 110 Å². The highest BCUT2D eigenvalue weighted by atomic mass is 79.9. The molecular formula is C9H17BrN2O4S. The van der Waals surface area contributed by atoms with Crippen molar-refractivity contribution >= 4 is 32.2 Å². The molecular weight excluding hydrogens is 312 g/mol. The molecule has 6 nitrogen and oxygen atoms in total. The summed E-state index contributed by atoms with van der Waals surface area (Å²) in [6, 6.07) is 0. The Balaban J connectivity index is 2.55. The van der Waals surface area contributed by atoms with Crippen molar-refractivity contribution in [3.63, 3.8) is 0 Å². The Kier molecular flexibility index (Phi) is 5.21. The minimum absolute atomic E-state index is 0.299. The van der Waals surface area contributed by atoms with Gasteiger partial charge >= 0.3 is 16.3 Å². The summed E-state index contributed by atoms with van der Waals surface area (Å²) in [5, 5.41) is 0.759. The average Bonchev–Trinajstić information content (AvgIpc) is 2.63. The van der Waals surface area contributed by atoms with E-state index in [0.717, 1.165) is 11.8 Å². The first kappa shape index (κ1) is 14.7. The van der Waals surface area contributed by atoms with Crippen LogP contribution < -0.4 is 4.72 Å². The van der Waals surface area contributed by atoms with Crippen molar-refractivity contribution in [3.8, 4) is 0 Å². The van der Waals surface area contributed by atoms with Gasteiger partial charge in [0, 0.05) is 18.4 Å². The Morgan fingerprint density at radius 1 is 1.59 bits per heavy atom. The predicted molar refractivity (Wildman–Crippen MR) is 67.1 cm³/mol. The van der Waals surface area contributed by atoms with Gasteiger partial charge < -0.3 is 4.74 Å². The maximum atomic E-state index is 11.8. The number of halogens is 1. The molecule has 8 heteroatoms. The lowest BCUT2D eigenvalue weighted by molar-refractivity contribution is 0.121. The molecule has 1 unspecified atom stereocenters. The van der Waals surface area contributed by atoms with Crippen molar-refractivity contribution in [2.75, 3.05) is 18.4 Å². The number of rotatable bonds is 4. The van der Waals surface area contributed by atoms with Gasteiger partial charge in [-0.1, -0.05) is 15.9 Å². The van der Waals surface area contributed by atoms with Gasteiger partial charge in [0.15, 0.2) is 0 Å².